The highest BCUT2D eigenvalue weighted by Gasteiger charge is 2.11. The van der Waals surface area contributed by atoms with E-state index in [0.29, 0.717) is 5.75 Å². The van der Waals surface area contributed by atoms with E-state index in [1.54, 1.807) is 6.07 Å². The Kier molecular flexibility index (Phi) is 8.16. The van der Waals surface area contributed by atoms with Gasteiger partial charge in [0.1, 0.15) is 5.75 Å². The van der Waals surface area contributed by atoms with Crippen molar-refractivity contribution in [3.05, 3.63) is 28.2 Å². The predicted molar refractivity (Wildman–Crippen MR) is 78.4 cm³/mol. The maximum atomic E-state index is 9.70. The summed E-state index contributed by atoms with van der Waals surface area (Å²) in [6.45, 7) is 4.99. The van der Waals surface area contributed by atoms with Gasteiger partial charge in [0.2, 0.25) is 0 Å². The number of hydrogen-bond donors (Lipinski definition) is 2. The molecule has 1 saturated heterocycles. The van der Waals surface area contributed by atoms with Crippen LogP contribution in [0.5, 0.6) is 5.75 Å². The number of rotatable bonds is 2. The highest BCUT2D eigenvalue weighted by Crippen LogP contribution is 2.23. The lowest BCUT2D eigenvalue weighted by Gasteiger charge is -2.27. The van der Waals surface area contributed by atoms with Crippen molar-refractivity contribution in [1.29, 1.82) is 0 Å². The topological polar surface area (TPSA) is 35.5 Å². The zero-order chi connectivity index (χ0) is 10.7. The molecule has 98 valence electrons. The van der Waals surface area contributed by atoms with E-state index in [9.17, 15) is 5.11 Å². The molecule has 1 aromatic carbocycles. The Balaban J connectivity index is 0.00000128. The molecule has 0 saturated carbocycles. The minimum Gasteiger partial charge on any atom is -0.508 e. The van der Waals surface area contributed by atoms with Crippen LogP contribution in [0.2, 0.25) is 0 Å². The lowest BCUT2D eigenvalue weighted by molar-refractivity contribution is 0.230. The summed E-state index contributed by atoms with van der Waals surface area (Å²) in [4.78, 5) is 2.35. The van der Waals surface area contributed by atoms with Crippen molar-refractivity contribution in [3.8, 4) is 5.75 Å². The Morgan fingerprint density at radius 3 is 2.53 bits per heavy atom. The van der Waals surface area contributed by atoms with Crippen molar-refractivity contribution in [1.82, 2.24) is 10.2 Å². The molecular formula is C11H17BrCl2N2O. The highest BCUT2D eigenvalue weighted by molar-refractivity contribution is 9.10. The summed E-state index contributed by atoms with van der Waals surface area (Å²) >= 11 is 3.42. The van der Waals surface area contributed by atoms with Crippen LogP contribution in [0.25, 0.3) is 0 Å². The van der Waals surface area contributed by atoms with Gasteiger partial charge >= 0.3 is 0 Å². The van der Waals surface area contributed by atoms with E-state index in [1.807, 2.05) is 12.1 Å². The minimum absolute atomic E-state index is 0. The van der Waals surface area contributed by atoms with Crippen LogP contribution in [-0.2, 0) is 6.54 Å². The molecule has 3 nitrogen and oxygen atoms in total. The maximum Gasteiger partial charge on any atom is 0.120 e. The van der Waals surface area contributed by atoms with E-state index in [1.165, 1.54) is 0 Å². The lowest BCUT2D eigenvalue weighted by Crippen LogP contribution is -2.42. The number of nitrogens with one attached hydrogen (secondary N) is 1. The molecule has 0 spiro atoms. The second kappa shape index (κ2) is 8.16. The molecule has 2 N–H and O–H groups in total. The molecule has 0 bridgehead atoms. The maximum absolute atomic E-state index is 9.70. The SMILES string of the molecule is Cl.Cl.Oc1ccc(Br)cc1CN1CCNCC1. The van der Waals surface area contributed by atoms with Gasteiger partial charge < -0.3 is 10.4 Å². The Hall–Kier alpha value is -0.0000000000000000971. The summed E-state index contributed by atoms with van der Waals surface area (Å²) in [5.74, 6) is 0.386. The summed E-state index contributed by atoms with van der Waals surface area (Å²) in [5, 5.41) is 13.0. The first-order valence-electron chi connectivity index (χ1n) is 5.16. The van der Waals surface area contributed by atoms with Gasteiger partial charge in [0.15, 0.2) is 0 Å². The van der Waals surface area contributed by atoms with Crippen molar-refractivity contribution in [2.24, 2.45) is 0 Å². The Labute approximate surface area is 123 Å². The number of piperazine rings is 1. The van der Waals surface area contributed by atoms with E-state index in [0.717, 1.165) is 42.8 Å². The van der Waals surface area contributed by atoms with Gasteiger partial charge in [-0.15, -0.1) is 24.8 Å². The fourth-order valence-corrected chi connectivity index (χ4v) is 2.20. The van der Waals surface area contributed by atoms with Crippen molar-refractivity contribution >= 4 is 40.7 Å². The van der Waals surface area contributed by atoms with Gasteiger partial charge in [-0.1, -0.05) is 15.9 Å². The summed E-state index contributed by atoms with van der Waals surface area (Å²) in [6, 6.07) is 5.58. The van der Waals surface area contributed by atoms with Gasteiger partial charge in [-0.05, 0) is 18.2 Å². The molecule has 1 aliphatic heterocycles. The van der Waals surface area contributed by atoms with Gasteiger partial charge in [0.25, 0.3) is 0 Å². The first-order valence-corrected chi connectivity index (χ1v) is 5.95. The summed E-state index contributed by atoms with van der Waals surface area (Å²) in [7, 11) is 0. The van der Waals surface area contributed by atoms with Crippen LogP contribution in [0.4, 0.5) is 0 Å². The number of phenols is 1. The third kappa shape index (κ3) is 5.02. The first-order chi connectivity index (χ1) is 7.25. The van der Waals surface area contributed by atoms with Gasteiger partial charge in [0, 0.05) is 42.8 Å². The van der Waals surface area contributed by atoms with Crippen molar-refractivity contribution in [2.75, 3.05) is 26.2 Å². The first kappa shape index (κ1) is 17.0. The number of aromatic hydroxyl groups is 1. The van der Waals surface area contributed by atoms with Crippen LogP contribution >= 0.6 is 40.7 Å². The summed E-state index contributed by atoms with van der Waals surface area (Å²) < 4.78 is 1.02. The zero-order valence-electron chi connectivity index (χ0n) is 9.36. The summed E-state index contributed by atoms with van der Waals surface area (Å²) in [5.41, 5.74) is 0.992. The van der Waals surface area contributed by atoms with Crippen molar-refractivity contribution < 1.29 is 5.11 Å². The molecule has 6 heteroatoms. The quantitative estimate of drug-likeness (QED) is 0.865. The number of benzene rings is 1. The smallest absolute Gasteiger partial charge is 0.120 e. The van der Waals surface area contributed by atoms with E-state index < -0.39 is 0 Å². The van der Waals surface area contributed by atoms with E-state index in [4.69, 9.17) is 0 Å². The molecule has 0 aromatic heterocycles. The van der Waals surface area contributed by atoms with Gasteiger partial charge in [-0.25, -0.2) is 0 Å². The van der Waals surface area contributed by atoms with Gasteiger partial charge in [-0.3, -0.25) is 4.90 Å². The largest absolute Gasteiger partial charge is 0.508 e. The molecule has 0 radical (unpaired) electrons. The van der Waals surface area contributed by atoms with Crippen LogP contribution in [0.3, 0.4) is 0 Å². The minimum atomic E-state index is 0. The number of nitrogens with zero attached hydrogens (tertiary/aromatic N) is 1. The van der Waals surface area contributed by atoms with Crippen molar-refractivity contribution in [3.63, 3.8) is 0 Å². The average Bonchev–Trinajstić information content (AvgIpc) is 2.25. The molecule has 0 aliphatic carbocycles. The van der Waals surface area contributed by atoms with Crippen LogP contribution in [0.1, 0.15) is 5.56 Å². The third-order valence-electron chi connectivity index (χ3n) is 2.65. The Morgan fingerprint density at radius 2 is 1.88 bits per heavy atom. The van der Waals surface area contributed by atoms with Crippen molar-refractivity contribution in [2.45, 2.75) is 6.54 Å². The molecular weight excluding hydrogens is 327 g/mol. The molecule has 0 atom stereocenters. The Morgan fingerprint density at radius 1 is 1.24 bits per heavy atom. The molecule has 1 heterocycles. The van der Waals surface area contributed by atoms with Crippen LogP contribution in [0, 0.1) is 0 Å². The molecule has 0 amide bonds. The third-order valence-corrected chi connectivity index (χ3v) is 3.14. The molecule has 17 heavy (non-hydrogen) atoms. The molecule has 2 rings (SSSR count). The normalized spacial score (nSPS) is 15.8. The predicted octanol–water partition coefficient (Wildman–Crippen LogP) is 2.40. The van der Waals surface area contributed by atoms with Crippen LogP contribution in [-0.4, -0.2) is 36.2 Å². The average molecular weight is 344 g/mol. The standard InChI is InChI=1S/C11H15BrN2O.2ClH/c12-10-1-2-11(15)9(7-10)8-14-5-3-13-4-6-14;;/h1-2,7,13,15H,3-6,8H2;2*1H. The van der Waals surface area contributed by atoms with Crippen LogP contribution in [0.15, 0.2) is 22.7 Å². The number of phenolic OH excluding ortho intramolecular Hbond substituents is 1. The summed E-state index contributed by atoms with van der Waals surface area (Å²) in [6.07, 6.45) is 0. The zero-order valence-corrected chi connectivity index (χ0v) is 12.6. The molecule has 1 aliphatic rings. The molecule has 0 unspecified atom stereocenters. The second-order valence-corrected chi connectivity index (χ2v) is 4.71. The monoisotopic (exact) mass is 342 g/mol. The highest BCUT2D eigenvalue weighted by atomic mass is 79.9. The number of halogens is 3. The Bertz CT molecular complexity index is 346. The fourth-order valence-electron chi connectivity index (χ4n) is 1.79. The molecule has 1 aromatic rings. The second-order valence-electron chi connectivity index (χ2n) is 3.80. The lowest BCUT2D eigenvalue weighted by atomic mass is 10.2. The molecule has 1 fully saturated rings. The van der Waals surface area contributed by atoms with E-state index in [-0.39, 0.29) is 24.8 Å². The van der Waals surface area contributed by atoms with E-state index in [2.05, 4.69) is 26.1 Å². The van der Waals surface area contributed by atoms with E-state index >= 15 is 0 Å². The van der Waals surface area contributed by atoms with Crippen LogP contribution < -0.4 is 5.32 Å². The fraction of sp³-hybridized carbons (Fsp3) is 0.455. The van der Waals surface area contributed by atoms with Gasteiger partial charge in [-0.2, -0.15) is 0 Å². The number of hydrogen-bond acceptors (Lipinski definition) is 3. The van der Waals surface area contributed by atoms with Gasteiger partial charge in [0.05, 0.1) is 0 Å².